The van der Waals surface area contributed by atoms with Gasteiger partial charge in [0.15, 0.2) is 0 Å². The first kappa shape index (κ1) is 15.8. The van der Waals surface area contributed by atoms with Crippen LogP contribution in [0.1, 0.15) is 19.4 Å². The Morgan fingerprint density at radius 1 is 1.37 bits per heavy atom. The monoisotopic (exact) mass is 349 g/mol. The molecule has 0 spiro atoms. The molecule has 0 saturated carbocycles. The smallest absolute Gasteiger partial charge is 0.328 e. The lowest BCUT2D eigenvalue weighted by atomic mass is 10.2. The van der Waals surface area contributed by atoms with Crippen molar-refractivity contribution >= 4 is 37.7 Å². The van der Waals surface area contributed by atoms with E-state index in [2.05, 4.69) is 21.2 Å². The summed E-state index contributed by atoms with van der Waals surface area (Å²) in [5.41, 5.74) is 6.44. The molecule has 6 nitrogen and oxygen atoms in total. The van der Waals surface area contributed by atoms with E-state index >= 15 is 0 Å². The molecule has 0 aromatic heterocycles. The van der Waals surface area contributed by atoms with Gasteiger partial charge in [0.05, 0.1) is 4.90 Å². The van der Waals surface area contributed by atoms with Gasteiger partial charge < -0.3 is 11.1 Å². The van der Waals surface area contributed by atoms with Gasteiger partial charge in [-0.2, -0.15) is 0 Å². The number of halogens is 1. The Morgan fingerprint density at radius 2 is 1.95 bits per heavy atom. The molecule has 0 aliphatic carbocycles. The molecule has 2 amide bonds. The Morgan fingerprint density at radius 3 is 2.47 bits per heavy atom. The van der Waals surface area contributed by atoms with E-state index < -0.39 is 16.1 Å². The average molecular weight is 350 g/mol. The fraction of sp³-hybridized carbons (Fsp3) is 0.364. The molecule has 0 fully saturated rings. The molecular weight excluding hydrogens is 334 g/mol. The van der Waals surface area contributed by atoms with Gasteiger partial charge in [-0.1, -0.05) is 15.9 Å². The third-order valence-electron chi connectivity index (χ3n) is 2.30. The summed E-state index contributed by atoms with van der Waals surface area (Å²) in [5, 5.41) is 2.45. The van der Waals surface area contributed by atoms with Gasteiger partial charge >= 0.3 is 6.03 Å². The lowest BCUT2D eigenvalue weighted by molar-refractivity contribution is 0.243. The number of urea groups is 1. The van der Waals surface area contributed by atoms with E-state index in [4.69, 9.17) is 5.73 Å². The maximum absolute atomic E-state index is 12.1. The van der Waals surface area contributed by atoms with Crippen molar-refractivity contribution in [3.05, 3.63) is 22.2 Å². The Labute approximate surface area is 120 Å². The third-order valence-corrected chi connectivity index (χ3v) is 4.22. The highest BCUT2D eigenvalue weighted by Gasteiger charge is 2.21. The Hall–Kier alpha value is -1.28. The molecule has 0 unspecified atom stereocenters. The molecule has 19 heavy (non-hydrogen) atoms. The zero-order chi connectivity index (χ0) is 14.8. The number of hydrogen-bond donors (Lipinski definition) is 3. The van der Waals surface area contributed by atoms with Crippen molar-refractivity contribution in [1.29, 1.82) is 0 Å². The number of nitrogen functional groups attached to an aromatic ring is 1. The average Bonchev–Trinajstić information content (AvgIpc) is 2.20. The summed E-state index contributed by atoms with van der Waals surface area (Å²) in [6.07, 6.45) is 0. The molecule has 0 saturated heterocycles. The number of nitrogens with two attached hydrogens (primary N) is 1. The van der Waals surface area contributed by atoms with Crippen LogP contribution in [0, 0.1) is 6.92 Å². The molecule has 0 aliphatic heterocycles. The molecule has 1 rings (SSSR count). The molecule has 1 aromatic carbocycles. The summed E-state index contributed by atoms with van der Waals surface area (Å²) in [5.74, 6) is 0. The van der Waals surface area contributed by atoms with Crippen LogP contribution in [-0.4, -0.2) is 20.5 Å². The molecule has 8 heteroatoms. The predicted octanol–water partition coefficient (Wildman–Crippen LogP) is 1.74. The zero-order valence-electron chi connectivity index (χ0n) is 10.8. The summed E-state index contributed by atoms with van der Waals surface area (Å²) in [6.45, 7) is 5.04. The quantitative estimate of drug-likeness (QED) is 0.723. The van der Waals surface area contributed by atoms with Gasteiger partial charge in [-0.25, -0.2) is 17.9 Å². The van der Waals surface area contributed by atoms with E-state index in [9.17, 15) is 13.2 Å². The van der Waals surface area contributed by atoms with E-state index in [1.165, 1.54) is 6.07 Å². The molecule has 0 atom stereocenters. The number of nitrogens with one attached hydrogen (secondary N) is 2. The number of sulfonamides is 1. The second-order valence-corrected chi connectivity index (χ2v) is 6.92. The summed E-state index contributed by atoms with van der Waals surface area (Å²) < 4.78 is 26.7. The van der Waals surface area contributed by atoms with Crippen LogP contribution in [0.25, 0.3) is 0 Å². The molecular formula is C11H16BrN3O3S. The summed E-state index contributed by atoms with van der Waals surface area (Å²) in [7, 11) is -3.95. The van der Waals surface area contributed by atoms with Crippen LogP contribution >= 0.6 is 15.9 Å². The van der Waals surface area contributed by atoms with Crippen LogP contribution in [0.3, 0.4) is 0 Å². The van der Waals surface area contributed by atoms with Gasteiger partial charge in [0.2, 0.25) is 0 Å². The van der Waals surface area contributed by atoms with E-state index in [-0.39, 0.29) is 10.9 Å². The fourth-order valence-corrected chi connectivity index (χ4v) is 3.27. The lowest BCUT2D eigenvalue weighted by Gasteiger charge is -2.13. The first-order chi connectivity index (χ1) is 8.63. The SMILES string of the molecule is Cc1c(N)cc(Br)cc1S(=O)(=O)NC(=O)NC(C)C. The van der Waals surface area contributed by atoms with E-state index in [0.29, 0.717) is 15.7 Å². The Bertz CT molecular complexity index is 599. The van der Waals surface area contributed by atoms with Gasteiger partial charge in [-0.3, -0.25) is 0 Å². The normalized spacial score (nSPS) is 11.4. The van der Waals surface area contributed by atoms with Gasteiger partial charge in [0.1, 0.15) is 0 Å². The van der Waals surface area contributed by atoms with Crippen LogP contribution < -0.4 is 15.8 Å². The lowest BCUT2D eigenvalue weighted by Crippen LogP contribution is -2.42. The van der Waals surface area contributed by atoms with Crippen LogP contribution in [0.5, 0.6) is 0 Å². The van der Waals surface area contributed by atoms with Crippen molar-refractivity contribution in [2.24, 2.45) is 0 Å². The molecule has 0 aliphatic rings. The second-order valence-electron chi connectivity index (χ2n) is 4.35. The van der Waals surface area contributed by atoms with Crippen LogP contribution in [0.15, 0.2) is 21.5 Å². The van der Waals surface area contributed by atoms with E-state index in [1.807, 2.05) is 4.72 Å². The third kappa shape index (κ3) is 4.10. The molecule has 0 heterocycles. The van der Waals surface area contributed by atoms with Crippen molar-refractivity contribution in [2.75, 3.05) is 5.73 Å². The van der Waals surface area contributed by atoms with E-state index in [1.54, 1.807) is 26.8 Å². The number of rotatable bonds is 3. The largest absolute Gasteiger partial charge is 0.398 e. The zero-order valence-corrected chi connectivity index (χ0v) is 13.2. The maximum atomic E-state index is 12.1. The standard InChI is InChI=1S/C11H16BrN3O3S/c1-6(2)14-11(16)15-19(17,18)10-5-8(12)4-9(13)7(10)3/h4-6H,13H2,1-3H3,(H2,14,15,16). The molecule has 106 valence electrons. The maximum Gasteiger partial charge on any atom is 0.328 e. The minimum atomic E-state index is -3.95. The van der Waals surface area contributed by atoms with Crippen molar-refractivity contribution < 1.29 is 13.2 Å². The highest BCUT2D eigenvalue weighted by atomic mass is 79.9. The van der Waals surface area contributed by atoms with Crippen LogP contribution in [0.4, 0.5) is 10.5 Å². The molecule has 4 N–H and O–H groups in total. The number of benzene rings is 1. The number of carbonyl (C=O) groups is 1. The van der Waals surface area contributed by atoms with Gasteiger partial charge in [0.25, 0.3) is 10.0 Å². The molecule has 0 bridgehead atoms. The highest BCUT2D eigenvalue weighted by Crippen LogP contribution is 2.26. The number of hydrogen-bond acceptors (Lipinski definition) is 4. The van der Waals surface area contributed by atoms with Gasteiger partial charge in [-0.15, -0.1) is 0 Å². The van der Waals surface area contributed by atoms with Crippen molar-refractivity contribution in [1.82, 2.24) is 10.0 Å². The minimum absolute atomic E-state index is 0.0294. The van der Waals surface area contributed by atoms with Crippen molar-refractivity contribution in [3.63, 3.8) is 0 Å². The summed E-state index contributed by atoms with van der Waals surface area (Å²) in [6, 6.07) is 2.07. The fourth-order valence-electron chi connectivity index (χ4n) is 1.42. The predicted molar refractivity (Wildman–Crippen MR) is 77.3 cm³/mol. The van der Waals surface area contributed by atoms with E-state index in [0.717, 1.165) is 0 Å². The number of amides is 2. The highest BCUT2D eigenvalue weighted by molar-refractivity contribution is 9.10. The van der Waals surface area contributed by atoms with Gasteiger partial charge in [-0.05, 0) is 38.5 Å². The molecule has 0 radical (unpaired) electrons. The van der Waals surface area contributed by atoms with Gasteiger partial charge in [0, 0.05) is 16.2 Å². The Balaban J connectivity index is 3.11. The number of anilines is 1. The molecule has 1 aromatic rings. The van der Waals surface area contributed by atoms with Crippen molar-refractivity contribution in [2.45, 2.75) is 31.7 Å². The van der Waals surface area contributed by atoms with Crippen LogP contribution in [-0.2, 0) is 10.0 Å². The van der Waals surface area contributed by atoms with Crippen molar-refractivity contribution in [3.8, 4) is 0 Å². The van der Waals surface area contributed by atoms with Crippen LogP contribution in [0.2, 0.25) is 0 Å². The minimum Gasteiger partial charge on any atom is -0.398 e. The first-order valence-corrected chi connectivity index (χ1v) is 7.80. The summed E-state index contributed by atoms with van der Waals surface area (Å²) in [4.78, 5) is 11.4. The topological polar surface area (TPSA) is 101 Å². The summed E-state index contributed by atoms with van der Waals surface area (Å²) >= 11 is 3.17. The number of carbonyl (C=O) groups excluding carboxylic acids is 1. The Kier molecular flexibility index (Phi) is 4.81. The first-order valence-electron chi connectivity index (χ1n) is 5.52. The second kappa shape index (κ2) is 5.79.